The van der Waals surface area contributed by atoms with Crippen LogP contribution in [0.25, 0.3) is 0 Å². The first-order chi connectivity index (χ1) is 7.02. The molecule has 0 radical (unpaired) electrons. The van der Waals surface area contributed by atoms with E-state index in [1.54, 1.807) is 7.05 Å². The second-order valence-corrected chi connectivity index (χ2v) is 3.72. The number of halogens is 3. The van der Waals surface area contributed by atoms with Gasteiger partial charge in [0.15, 0.2) is 0 Å². The molecule has 1 heterocycles. The molecule has 1 N–H and O–H groups in total. The van der Waals surface area contributed by atoms with E-state index in [0.717, 1.165) is 12.8 Å². The minimum atomic E-state index is -4.35. The maximum absolute atomic E-state index is 12.6. The van der Waals surface area contributed by atoms with E-state index in [0.29, 0.717) is 12.2 Å². The zero-order valence-electron chi connectivity index (χ0n) is 8.30. The van der Waals surface area contributed by atoms with Crippen LogP contribution in [-0.4, -0.2) is 16.6 Å². The second kappa shape index (κ2) is 3.52. The van der Waals surface area contributed by atoms with Gasteiger partial charge in [0, 0.05) is 18.8 Å². The van der Waals surface area contributed by atoms with Crippen molar-refractivity contribution in [3.63, 3.8) is 0 Å². The van der Waals surface area contributed by atoms with E-state index >= 15 is 0 Å². The van der Waals surface area contributed by atoms with Crippen molar-refractivity contribution in [1.82, 2.24) is 14.9 Å². The fourth-order valence-corrected chi connectivity index (χ4v) is 1.55. The molecule has 1 aliphatic rings. The van der Waals surface area contributed by atoms with Gasteiger partial charge in [-0.2, -0.15) is 13.2 Å². The van der Waals surface area contributed by atoms with Crippen molar-refractivity contribution >= 4 is 0 Å². The molecule has 0 spiro atoms. The summed E-state index contributed by atoms with van der Waals surface area (Å²) in [6, 6.07) is -0.000249. The molecule has 1 saturated carbocycles. The van der Waals surface area contributed by atoms with Crippen molar-refractivity contribution in [2.45, 2.75) is 31.6 Å². The molecule has 6 heteroatoms. The third-order valence-electron chi connectivity index (χ3n) is 2.33. The number of hydrogen-bond donors (Lipinski definition) is 1. The molecular weight excluding hydrogens is 207 g/mol. The van der Waals surface area contributed by atoms with E-state index in [2.05, 4.69) is 10.3 Å². The summed E-state index contributed by atoms with van der Waals surface area (Å²) in [5.41, 5.74) is 0.441. The van der Waals surface area contributed by atoms with Crippen LogP contribution in [0.4, 0.5) is 13.2 Å². The first-order valence-corrected chi connectivity index (χ1v) is 4.82. The monoisotopic (exact) mass is 219 g/mol. The summed E-state index contributed by atoms with van der Waals surface area (Å²) in [4.78, 5) is 3.61. The van der Waals surface area contributed by atoms with Crippen LogP contribution in [-0.2, 0) is 12.7 Å². The summed E-state index contributed by atoms with van der Waals surface area (Å²) in [5, 5.41) is 2.79. The van der Waals surface area contributed by atoms with Gasteiger partial charge in [-0.05, 0) is 19.9 Å². The fraction of sp³-hybridized carbons (Fsp3) is 0.667. The Morgan fingerprint density at radius 2 is 2.20 bits per heavy atom. The average Bonchev–Trinajstić information content (AvgIpc) is 2.87. The van der Waals surface area contributed by atoms with Crippen molar-refractivity contribution in [2.24, 2.45) is 0 Å². The van der Waals surface area contributed by atoms with Gasteiger partial charge in [-0.25, -0.2) is 4.98 Å². The standard InChI is InChI=1S/C9H12F3N3/c1-13-4-6-5-15(7-2-3-7)8(14-6)9(10,11)12/h5,7,13H,2-4H2,1H3. The Balaban J connectivity index is 2.33. The van der Waals surface area contributed by atoms with Crippen molar-refractivity contribution in [1.29, 1.82) is 0 Å². The first kappa shape index (κ1) is 10.5. The topological polar surface area (TPSA) is 29.9 Å². The van der Waals surface area contributed by atoms with E-state index in [9.17, 15) is 13.2 Å². The molecule has 1 aliphatic carbocycles. The lowest BCUT2D eigenvalue weighted by atomic mass is 10.5. The molecule has 0 saturated heterocycles. The van der Waals surface area contributed by atoms with Gasteiger partial charge in [0.25, 0.3) is 0 Å². The number of imidazole rings is 1. The highest BCUT2D eigenvalue weighted by Gasteiger charge is 2.40. The molecule has 0 aromatic carbocycles. The van der Waals surface area contributed by atoms with Gasteiger partial charge in [-0.15, -0.1) is 0 Å². The Kier molecular flexibility index (Phi) is 2.46. The van der Waals surface area contributed by atoms with E-state index in [4.69, 9.17) is 0 Å². The number of hydrogen-bond acceptors (Lipinski definition) is 2. The predicted molar refractivity (Wildman–Crippen MR) is 48.3 cm³/mol. The smallest absolute Gasteiger partial charge is 0.324 e. The quantitative estimate of drug-likeness (QED) is 0.842. The zero-order chi connectivity index (χ0) is 11.1. The Hall–Kier alpha value is -1.04. The predicted octanol–water partition coefficient (Wildman–Crippen LogP) is 1.96. The third kappa shape index (κ3) is 2.14. The molecule has 0 amide bonds. The highest BCUT2D eigenvalue weighted by molar-refractivity contribution is 5.10. The van der Waals surface area contributed by atoms with Gasteiger partial charge in [0.05, 0.1) is 5.69 Å². The molecule has 3 nitrogen and oxygen atoms in total. The summed E-state index contributed by atoms with van der Waals surface area (Å²) in [7, 11) is 1.68. The summed E-state index contributed by atoms with van der Waals surface area (Å²) < 4.78 is 39.0. The Morgan fingerprint density at radius 3 is 2.67 bits per heavy atom. The summed E-state index contributed by atoms with van der Waals surface area (Å²) in [6.07, 6.45) is -1.22. The molecular formula is C9H12F3N3. The lowest BCUT2D eigenvalue weighted by Gasteiger charge is -2.08. The SMILES string of the molecule is CNCc1cn(C2CC2)c(C(F)(F)F)n1. The summed E-state index contributed by atoms with van der Waals surface area (Å²) >= 11 is 0. The summed E-state index contributed by atoms with van der Waals surface area (Å²) in [6.45, 7) is 0.364. The number of nitrogens with zero attached hydrogens (tertiary/aromatic N) is 2. The summed E-state index contributed by atoms with van der Waals surface area (Å²) in [5.74, 6) is -0.768. The third-order valence-corrected chi connectivity index (χ3v) is 2.33. The average molecular weight is 219 g/mol. The number of alkyl halides is 3. The molecule has 84 valence electrons. The van der Waals surface area contributed by atoms with Crippen molar-refractivity contribution < 1.29 is 13.2 Å². The maximum Gasteiger partial charge on any atom is 0.449 e. The van der Waals surface area contributed by atoms with Crippen LogP contribution >= 0.6 is 0 Å². The molecule has 0 bridgehead atoms. The van der Waals surface area contributed by atoms with Crippen molar-refractivity contribution in [3.05, 3.63) is 17.7 Å². The molecule has 0 aliphatic heterocycles. The van der Waals surface area contributed by atoms with E-state index in [1.165, 1.54) is 10.8 Å². The van der Waals surface area contributed by atoms with Crippen LogP contribution in [0.2, 0.25) is 0 Å². The van der Waals surface area contributed by atoms with Crippen LogP contribution in [0.3, 0.4) is 0 Å². The minimum absolute atomic E-state index is 0.000249. The second-order valence-electron chi connectivity index (χ2n) is 3.72. The highest BCUT2D eigenvalue weighted by Crippen LogP contribution is 2.40. The van der Waals surface area contributed by atoms with E-state index < -0.39 is 12.0 Å². The highest BCUT2D eigenvalue weighted by atomic mass is 19.4. The van der Waals surface area contributed by atoms with Crippen LogP contribution in [0.1, 0.15) is 30.4 Å². The number of nitrogens with one attached hydrogen (secondary N) is 1. The van der Waals surface area contributed by atoms with Gasteiger partial charge in [0.1, 0.15) is 0 Å². The minimum Gasteiger partial charge on any atom is -0.324 e. The molecule has 0 unspecified atom stereocenters. The molecule has 0 atom stereocenters. The van der Waals surface area contributed by atoms with Gasteiger partial charge in [-0.1, -0.05) is 0 Å². The molecule has 1 fully saturated rings. The largest absolute Gasteiger partial charge is 0.449 e. The van der Waals surface area contributed by atoms with E-state index in [-0.39, 0.29) is 6.04 Å². The lowest BCUT2D eigenvalue weighted by Crippen LogP contribution is -2.14. The number of rotatable bonds is 3. The molecule has 2 rings (SSSR count). The van der Waals surface area contributed by atoms with E-state index in [1.807, 2.05) is 0 Å². The maximum atomic E-state index is 12.6. The van der Waals surface area contributed by atoms with Gasteiger partial charge >= 0.3 is 6.18 Å². The van der Waals surface area contributed by atoms with Gasteiger partial charge in [-0.3, -0.25) is 0 Å². The molecule has 15 heavy (non-hydrogen) atoms. The van der Waals surface area contributed by atoms with Crippen LogP contribution in [0.5, 0.6) is 0 Å². The number of aromatic nitrogens is 2. The van der Waals surface area contributed by atoms with Crippen LogP contribution in [0.15, 0.2) is 6.20 Å². The lowest BCUT2D eigenvalue weighted by molar-refractivity contribution is -0.147. The Bertz CT molecular complexity index is 352. The zero-order valence-corrected chi connectivity index (χ0v) is 8.30. The Morgan fingerprint density at radius 1 is 1.53 bits per heavy atom. The van der Waals surface area contributed by atoms with Crippen LogP contribution in [0, 0.1) is 0 Å². The van der Waals surface area contributed by atoms with Gasteiger partial charge < -0.3 is 9.88 Å². The molecule has 1 aromatic rings. The first-order valence-electron chi connectivity index (χ1n) is 4.82. The molecule has 1 aromatic heterocycles. The fourth-order valence-electron chi connectivity index (χ4n) is 1.55. The Labute approximate surface area is 85.3 Å². The van der Waals surface area contributed by atoms with Crippen LogP contribution < -0.4 is 5.32 Å². The van der Waals surface area contributed by atoms with Crippen molar-refractivity contribution in [2.75, 3.05) is 7.05 Å². The van der Waals surface area contributed by atoms with Gasteiger partial charge in [0.2, 0.25) is 5.82 Å². The normalized spacial score (nSPS) is 17.1. The van der Waals surface area contributed by atoms with Crippen molar-refractivity contribution in [3.8, 4) is 0 Å².